The molecule has 2 atom stereocenters. The van der Waals surface area contributed by atoms with Crippen molar-refractivity contribution in [3.63, 3.8) is 0 Å². The van der Waals surface area contributed by atoms with E-state index in [9.17, 15) is 9.59 Å². The lowest BCUT2D eigenvalue weighted by atomic mass is 9.85. The summed E-state index contributed by atoms with van der Waals surface area (Å²) in [5, 5.41) is 6.28. The number of piperidine rings is 2. The maximum absolute atomic E-state index is 12.2. The van der Waals surface area contributed by atoms with Gasteiger partial charge in [0.1, 0.15) is 0 Å². The van der Waals surface area contributed by atoms with Crippen molar-refractivity contribution in [3.8, 4) is 0 Å². The van der Waals surface area contributed by atoms with Crippen LogP contribution in [0.25, 0.3) is 0 Å². The number of nitrogens with one attached hydrogen (secondary N) is 2. The maximum Gasteiger partial charge on any atom is 0.324 e. The Bertz CT molecular complexity index is 352. The first-order valence-electron chi connectivity index (χ1n) is 7.06. The van der Waals surface area contributed by atoms with Gasteiger partial charge in [-0.05, 0) is 31.7 Å². The molecule has 5 nitrogen and oxygen atoms in total. The summed E-state index contributed by atoms with van der Waals surface area (Å²) in [6.45, 7) is 2.24. The van der Waals surface area contributed by atoms with Gasteiger partial charge in [0.15, 0.2) is 0 Å². The lowest BCUT2D eigenvalue weighted by Gasteiger charge is -2.40. The molecule has 0 radical (unpaired) electrons. The number of carbonyl (C=O) groups is 2. The highest BCUT2D eigenvalue weighted by Gasteiger charge is 2.40. The van der Waals surface area contributed by atoms with Gasteiger partial charge in [0.2, 0.25) is 5.91 Å². The zero-order valence-electron chi connectivity index (χ0n) is 10.7. The highest BCUT2D eigenvalue weighted by atomic mass is 16.2. The van der Waals surface area contributed by atoms with E-state index in [0.29, 0.717) is 12.5 Å². The van der Waals surface area contributed by atoms with Crippen LogP contribution >= 0.6 is 0 Å². The Morgan fingerprint density at radius 2 is 2.06 bits per heavy atom. The molecule has 0 spiro atoms. The Morgan fingerprint density at radius 3 is 2.83 bits per heavy atom. The molecule has 3 rings (SSSR count). The Balaban J connectivity index is 1.63. The topological polar surface area (TPSA) is 61.4 Å². The first-order valence-corrected chi connectivity index (χ1v) is 7.06. The number of carbonyl (C=O) groups excluding carboxylic acids is 2. The van der Waals surface area contributed by atoms with Crippen molar-refractivity contribution in [2.45, 2.75) is 38.1 Å². The SMILES string of the molecule is O=C(NC1CCCC1)N1C[C@@H]2CNC[C@@H](C2)C1=O. The summed E-state index contributed by atoms with van der Waals surface area (Å²) < 4.78 is 0. The molecule has 3 fully saturated rings. The van der Waals surface area contributed by atoms with Crippen LogP contribution in [-0.2, 0) is 4.79 Å². The number of amides is 3. The second-order valence-electron chi connectivity index (χ2n) is 5.84. The summed E-state index contributed by atoms with van der Waals surface area (Å²) in [5.41, 5.74) is 0. The third-order valence-electron chi connectivity index (χ3n) is 4.43. The minimum atomic E-state index is -0.163. The van der Waals surface area contributed by atoms with Crippen LogP contribution in [0.4, 0.5) is 4.79 Å². The number of likely N-dealkylation sites (tertiary alicyclic amines) is 1. The van der Waals surface area contributed by atoms with E-state index in [0.717, 1.165) is 32.4 Å². The third kappa shape index (κ3) is 2.23. The first-order chi connectivity index (χ1) is 8.74. The predicted octanol–water partition coefficient (Wildman–Crippen LogP) is 0.706. The van der Waals surface area contributed by atoms with Crippen molar-refractivity contribution < 1.29 is 9.59 Å². The first kappa shape index (κ1) is 12.0. The van der Waals surface area contributed by atoms with Crippen LogP contribution in [0.5, 0.6) is 0 Å². The predicted molar refractivity (Wildman–Crippen MR) is 67.0 cm³/mol. The summed E-state index contributed by atoms with van der Waals surface area (Å²) >= 11 is 0. The second kappa shape index (κ2) is 4.88. The summed E-state index contributed by atoms with van der Waals surface area (Å²) in [6, 6.07) is 0.119. The van der Waals surface area contributed by atoms with Gasteiger partial charge in [-0.1, -0.05) is 12.8 Å². The molecule has 3 aliphatic rings. The molecule has 0 aromatic carbocycles. The van der Waals surface area contributed by atoms with Gasteiger partial charge in [0, 0.05) is 19.1 Å². The summed E-state index contributed by atoms with van der Waals surface area (Å²) in [4.78, 5) is 25.8. The minimum Gasteiger partial charge on any atom is -0.335 e. The van der Waals surface area contributed by atoms with E-state index in [1.807, 2.05) is 0 Å². The average Bonchev–Trinajstić information content (AvgIpc) is 2.87. The fraction of sp³-hybridized carbons (Fsp3) is 0.846. The van der Waals surface area contributed by atoms with Gasteiger partial charge in [0.25, 0.3) is 0 Å². The van der Waals surface area contributed by atoms with Crippen LogP contribution in [-0.4, -0.2) is 42.5 Å². The molecule has 2 saturated heterocycles. The van der Waals surface area contributed by atoms with Crippen LogP contribution in [0.15, 0.2) is 0 Å². The van der Waals surface area contributed by atoms with Crippen LogP contribution in [0.1, 0.15) is 32.1 Å². The molecule has 5 heteroatoms. The molecule has 1 saturated carbocycles. The summed E-state index contributed by atoms with van der Waals surface area (Å²) in [7, 11) is 0. The van der Waals surface area contributed by atoms with Crippen molar-refractivity contribution in [1.82, 2.24) is 15.5 Å². The zero-order valence-corrected chi connectivity index (χ0v) is 10.7. The largest absolute Gasteiger partial charge is 0.335 e. The number of imide groups is 1. The number of rotatable bonds is 1. The van der Waals surface area contributed by atoms with Crippen molar-refractivity contribution in [1.29, 1.82) is 0 Å². The van der Waals surface area contributed by atoms with Crippen LogP contribution in [0.3, 0.4) is 0 Å². The molecular formula is C13H21N3O2. The van der Waals surface area contributed by atoms with E-state index in [-0.39, 0.29) is 23.9 Å². The number of nitrogens with zero attached hydrogens (tertiary/aromatic N) is 1. The van der Waals surface area contributed by atoms with Gasteiger partial charge < -0.3 is 10.6 Å². The smallest absolute Gasteiger partial charge is 0.324 e. The summed E-state index contributed by atoms with van der Waals surface area (Å²) in [6.07, 6.45) is 5.44. The van der Waals surface area contributed by atoms with Gasteiger partial charge in [-0.25, -0.2) is 4.79 Å². The van der Waals surface area contributed by atoms with Crippen molar-refractivity contribution in [2.75, 3.05) is 19.6 Å². The Morgan fingerprint density at radius 1 is 1.28 bits per heavy atom. The zero-order chi connectivity index (χ0) is 12.5. The molecular weight excluding hydrogens is 230 g/mol. The number of urea groups is 1. The standard InChI is InChI=1S/C13H21N3O2/c17-12-10-5-9(6-14-7-10)8-16(12)13(18)15-11-3-1-2-4-11/h9-11,14H,1-8H2,(H,15,18)/t9-,10+/m0/s1. The number of fused-ring (bicyclic) bond motifs is 2. The molecule has 0 aromatic rings. The van der Waals surface area contributed by atoms with Crippen molar-refractivity contribution in [2.24, 2.45) is 11.8 Å². The fourth-order valence-corrected chi connectivity index (χ4v) is 3.43. The van der Waals surface area contributed by atoms with Crippen LogP contribution in [0, 0.1) is 11.8 Å². The maximum atomic E-state index is 12.2. The minimum absolute atomic E-state index is 0.00632. The molecule has 2 heterocycles. The molecule has 2 bridgehead atoms. The Labute approximate surface area is 107 Å². The van der Waals surface area contributed by atoms with E-state index < -0.39 is 0 Å². The molecule has 1 aliphatic carbocycles. The summed E-state index contributed by atoms with van der Waals surface area (Å²) in [5.74, 6) is 0.455. The molecule has 18 heavy (non-hydrogen) atoms. The molecule has 100 valence electrons. The van der Waals surface area contributed by atoms with Gasteiger partial charge >= 0.3 is 6.03 Å². The molecule has 0 aromatic heterocycles. The highest BCUT2D eigenvalue weighted by Crippen LogP contribution is 2.26. The molecule has 0 unspecified atom stereocenters. The van der Waals surface area contributed by atoms with Crippen LogP contribution < -0.4 is 10.6 Å². The average molecular weight is 251 g/mol. The lowest BCUT2D eigenvalue weighted by molar-refractivity contribution is -0.137. The van der Waals surface area contributed by atoms with E-state index in [2.05, 4.69) is 10.6 Å². The van der Waals surface area contributed by atoms with Gasteiger partial charge in [0.05, 0.1) is 5.92 Å². The molecule has 3 amide bonds. The van der Waals surface area contributed by atoms with E-state index >= 15 is 0 Å². The van der Waals surface area contributed by atoms with Crippen LogP contribution in [0.2, 0.25) is 0 Å². The quantitative estimate of drug-likeness (QED) is 0.721. The fourth-order valence-electron chi connectivity index (χ4n) is 3.43. The second-order valence-corrected chi connectivity index (χ2v) is 5.84. The van der Waals surface area contributed by atoms with Gasteiger partial charge in [-0.2, -0.15) is 0 Å². The van der Waals surface area contributed by atoms with E-state index in [1.165, 1.54) is 17.7 Å². The van der Waals surface area contributed by atoms with Crippen molar-refractivity contribution in [3.05, 3.63) is 0 Å². The highest BCUT2D eigenvalue weighted by molar-refractivity contribution is 5.96. The lowest BCUT2D eigenvalue weighted by Crippen LogP contribution is -2.58. The van der Waals surface area contributed by atoms with E-state index in [4.69, 9.17) is 0 Å². The monoisotopic (exact) mass is 251 g/mol. The van der Waals surface area contributed by atoms with Gasteiger partial charge in [-0.3, -0.25) is 9.69 Å². The van der Waals surface area contributed by atoms with Crippen molar-refractivity contribution >= 4 is 11.9 Å². The Kier molecular flexibility index (Phi) is 3.24. The van der Waals surface area contributed by atoms with Gasteiger partial charge in [-0.15, -0.1) is 0 Å². The van der Waals surface area contributed by atoms with E-state index in [1.54, 1.807) is 0 Å². The Hall–Kier alpha value is -1.10. The molecule has 2 aliphatic heterocycles. The number of hydrogen-bond acceptors (Lipinski definition) is 3. The number of hydrogen-bond donors (Lipinski definition) is 2. The third-order valence-corrected chi connectivity index (χ3v) is 4.43. The normalized spacial score (nSPS) is 32.7. The molecule has 2 N–H and O–H groups in total.